The van der Waals surface area contributed by atoms with Crippen molar-refractivity contribution in [1.82, 2.24) is 4.98 Å². The molecule has 0 saturated carbocycles. The lowest BCUT2D eigenvalue weighted by Gasteiger charge is -2.20. The largest absolute Gasteiger partial charge is 0.322 e. The van der Waals surface area contributed by atoms with E-state index < -0.39 is 0 Å². The minimum absolute atomic E-state index is 0.317. The Bertz CT molecular complexity index is 450. The first-order valence-electron chi connectivity index (χ1n) is 4.72. The number of hydrogen-bond donors (Lipinski definition) is 1. The first-order valence-corrected chi connectivity index (χ1v) is 4.72. The van der Waals surface area contributed by atoms with Gasteiger partial charge in [0.15, 0.2) is 0 Å². The lowest BCUT2D eigenvalue weighted by Crippen LogP contribution is -2.28. The molecule has 1 heterocycles. The lowest BCUT2D eigenvalue weighted by atomic mass is 9.92. The van der Waals surface area contributed by atoms with Crippen LogP contribution in [0.3, 0.4) is 0 Å². The number of pyridine rings is 1. The minimum Gasteiger partial charge on any atom is -0.322 e. The molecule has 0 aliphatic rings. The van der Waals surface area contributed by atoms with Gasteiger partial charge in [-0.25, -0.2) is 0 Å². The van der Waals surface area contributed by atoms with Gasteiger partial charge in [-0.05, 0) is 31.5 Å². The predicted octanol–water partition coefficient (Wildman–Crippen LogP) is 2.43. The number of aromatic nitrogens is 1. The van der Waals surface area contributed by atoms with E-state index >= 15 is 0 Å². The molecule has 0 aliphatic heterocycles. The molecular weight excluding hydrogens is 172 g/mol. The van der Waals surface area contributed by atoms with Gasteiger partial charge in [0.05, 0.1) is 5.52 Å². The monoisotopic (exact) mass is 186 g/mol. The van der Waals surface area contributed by atoms with Crippen LogP contribution in [0.2, 0.25) is 0 Å². The summed E-state index contributed by atoms with van der Waals surface area (Å²) >= 11 is 0. The zero-order valence-corrected chi connectivity index (χ0v) is 8.49. The highest BCUT2D eigenvalue weighted by Gasteiger charge is 2.16. The van der Waals surface area contributed by atoms with Crippen LogP contribution < -0.4 is 5.73 Å². The van der Waals surface area contributed by atoms with E-state index in [1.54, 1.807) is 6.20 Å². The summed E-state index contributed by atoms with van der Waals surface area (Å²) < 4.78 is 0. The highest BCUT2D eigenvalue weighted by Crippen LogP contribution is 2.24. The molecule has 0 radical (unpaired) electrons. The van der Waals surface area contributed by atoms with E-state index in [-0.39, 0.29) is 5.54 Å². The molecule has 0 bridgehead atoms. The highest BCUT2D eigenvalue weighted by atomic mass is 14.7. The van der Waals surface area contributed by atoms with Gasteiger partial charge in [0.2, 0.25) is 0 Å². The molecule has 72 valence electrons. The molecule has 2 rings (SSSR count). The van der Waals surface area contributed by atoms with E-state index in [1.165, 1.54) is 0 Å². The zero-order chi connectivity index (χ0) is 10.2. The van der Waals surface area contributed by atoms with Crippen molar-refractivity contribution in [3.63, 3.8) is 0 Å². The van der Waals surface area contributed by atoms with E-state index in [9.17, 15) is 0 Å². The van der Waals surface area contributed by atoms with Crippen LogP contribution in [0.15, 0.2) is 36.5 Å². The molecule has 0 unspecified atom stereocenters. The van der Waals surface area contributed by atoms with Crippen LogP contribution in [-0.4, -0.2) is 4.98 Å². The summed E-state index contributed by atoms with van der Waals surface area (Å²) in [6.07, 6.45) is 1.80. The normalized spacial score (nSPS) is 11.9. The number of rotatable bonds is 1. The van der Waals surface area contributed by atoms with Crippen LogP contribution in [0.4, 0.5) is 0 Å². The summed E-state index contributed by atoms with van der Waals surface area (Å²) in [7, 11) is 0. The molecule has 0 atom stereocenters. The Hall–Kier alpha value is -1.41. The van der Waals surface area contributed by atoms with Crippen molar-refractivity contribution in [2.75, 3.05) is 0 Å². The van der Waals surface area contributed by atoms with Gasteiger partial charge >= 0.3 is 0 Å². The number of nitrogens with two attached hydrogens (primary N) is 1. The second kappa shape index (κ2) is 3.07. The lowest BCUT2D eigenvalue weighted by molar-refractivity contribution is 0.559. The van der Waals surface area contributed by atoms with Gasteiger partial charge in [0.25, 0.3) is 0 Å². The van der Waals surface area contributed by atoms with E-state index in [1.807, 2.05) is 32.0 Å². The van der Waals surface area contributed by atoms with Crippen LogP contribution >= 0.6 is 0 Å². The topological polar surface area (TPSA) is 38.9 Å². The molecule has 2 nitrogen and oxygen atoms in total. The molecule has 1 aromatic heterocycles. The van der Waals surface area contributed by atoms with Gasteiger partial charge in [-0.2, -0.15) is 0 Å². The van der Waals surface area contributed by atoms with Crippen LogP contribution in [0.5, 0.6) is 0 Å². The Kier molecular flexibility index (Phi) is 2.01. The van der Waals surface area contributed by atoms with Gasteiger partial charge < -0.3 is 5.73 Å². The summed E-state index contributed by atoms with van der Waals surface area (Å²) in [5.74, 6) is 0. The molecule has 0 spiro atoms. The maximum Gasteiger partial charge on any atom is 0.0705 e. The molecule has 14 heavy (non-hydrogen) atoms. The molecule has 0 fully saturated rings. The standard InChI is InChI=1S/C12H14N2/c1-12(2,13)10-6-3-7-11-9(10)5-4-8-14-11/h3-8H,13H2,1-2H3. The van der Waals surface area contributed by atoms with Gasteiger partial charge in [-0.15, -0.1) is 0 Å². The third-order valence-electron chi connectivity index (χ3n) is 2.34. The molecule has 1 aromatic carbocycles. The quantitative estimate of drug-likeness (QED) is 0.742. The van der Waals surface area contributed by atoms with E-state index in [0.717, 1.165) is 16.5 Å². The molecule has 0 amide bonds. The fourth-order valence-corrected chi connectivity index (χ4v) is 1.67. The summed E-state index contributed by atoms with van der Waals surface area (Å²) in [5, 5.41) is 1.14. The summed E-state index contributed by atoms with van der Waals surface area (Å²) in [6, 6.07) is 10.1. The first kappa shape index (κ1) is 9.16. The maximum absolute atomic E-state index is 6.10. The summed E-state index contributed by atoms with van der Waals surface area (Å²) in [4.78, 5) is 4.30. The van der Waals surface area contributed by atoms with Crippen molar-refractivity contribution < 1.29 is 0 Å². The zero-order valence-electron chi connectivity index (χ0n) is 8.49. The first-order chi connectivity index (χ1) is 6.59. The molecule has 2 heteroatoms. The Morgan fingerprint density at radius 2 is 1.93 bits per heavy atom. The van der Waals surface area contributed by atoms with Crippen molar-refractivity contribution in [3.05, 3.63) is 42.1 Å². The number of benzene rings is 1. The highest BCUT2D eigenvalue weighted by molar-refractivity contribution is 5.82. The third kappa shape index (κ3) is 1.49. The summed E-state index contributed by atoms with van der Waals surface area (Å²) in [5.41, 5.74) is 7.92. The number of hydrogen-bond acceptors (Lipinski definition) is 2. The Morgan fingerprint density at radius 1 is 1.14 bits per heavy atom. The molecule has 0 aliphatic carbocycles. The Balaban J connectivity index is 2.78. The van der Waals surface area contributed by atoms with Gasteiger partial charge in [-0.3, -0.25) is 4.98 Å². The van der Waals surface area contributed by atoms with Crippen molar-refractivity contribution in [2.24, 2.45) is 5.73 Å². The third-order valence-corrected chi connectivity index (χ3v) is 2.34. The minimum atomic E-state index is -0.317. The van der Waals surface area contributed by atoms with Gasteiger partial charge in [-0.1, -0.05) is 18.2 Å². The maximum atomic E-state index is 6.10. The van der Waals surface area contributed by atoms with Crippen LogP contribution in [0.25, 0.3) is 10.9 Å². The predicted molar refractivity (Wildman–Crippen MR) is 59.0 cm³/mol. The van der Waals surface area contributed by atoms with Gasteiger partial charge in [0, 0.05) is 17.1 Å². The van der Waals surface area contributed by atoms with Crippen molar-refractivity contribution in [1.29, 1.82) is 0 Å². The van der Waals surface area contributed by atoms with E-state index in [2.05, 4.69) is 17.1 Å². The number of nitrogens with zero attached hydrogens (tertiary/aromatic N) is 1. The SMILES string of the molecule is CC(C)(N)c1cccc2ncccc12. The molecular formula is C12H14N2. The van der Waals surface area contributed by atoms with E-state index in [4.69, 9.17) is 5.73 Å². The van der Waals surface area contributed by atoms with E-state index in [0.29, 0.717) is 0 Å². The van der Waals surface area contributed by atoms with Crippen LogP contribution in [0.1, 0.15) is 19.4 Å². The Labute approximate surface area is 83.8 Å². The summed E-state index contributed by atoms with van der Waals surface area (Å²) in [6.45, 7) is 4.02. The average molecular weight is 186 g/mol. The second-order valence-electron chi connectivity index (χ2n) is 4.10. The second-order valence-corrected chi connectivity index (χ2v) is 4.10. The Morgan fingerprint density at radius 3 is 2.64 bits per heavy atom. The smallest absolute Gasteiger partial charge is 0.0705 e. The van der Waals surface area contributed by atoms with Crippen LogP contribution in [-0.2, 0) is 5.54 Å². The average Bonchev–Trinajstić information content (AvgIpc) is 2.15. The van der Waals surface area contributed by atoms with Crippen molar-refractivity contribution in [2.45, 2.75) is 19.4 Å². The molecule has 2 aromatic rings. The van der Waals surface area contributed by atoms with Crippen LogP contribution in [0, 0.1) is 0 Å². The molecule has 2 N–H and O–H groups in total. The number of fused-ring (bicyclic) bond motifs is 1. The van der Waals surface area contributed by atoms with Crippen molar-refractivity contribution >= 4 is 10.9 Å². The molecule has 0 saturated heterocycles. The van der Waals surface area contributed by atoms with Crippen molar-refractivity contribution in [3.8, 4) is 0 Å². The fraction of sp³-hybridized carbons (Fsp3) is 0.250. The van der Waals surface area contributed by atoms with Gasteiger partial charge in [0.1, 0.15) is 0 Å². The fourth-order valence-electron chi connectivity index (χ4n) is 1.67.